The zero-order valence-electron chi connectivity index (χ0n) is 15.0. The van der Waals surface area contributed by atoms with E-state index in [4.69, 9.17) is 16.7 Å². The zero-order valence-corrected chi connectivity index (χ0v) is 16.6. The summed E-state index contributed by atoms with van der Waals surface area (Å²) in [5.41, 5.74) is -0.740. The quantitative estimate of drug-likeness (QED) is 0.611. The van der Waals surface area contributed by atoms with Crippen molar-refractivity contribution in [2.45, 2.75) is 17.5 Å². The summed E-state index contributed by atoms with van der Waals surface area (Å²) in [6, 6.07) is 11.0. The van der Waals surface area contributed by atoms with Crippen LogP contribution < -0.4 is 10.5 Å². The first-order chi connectivity index (χ1) is 13.9. The Labute approximate surface area is 174 Å². The van der Waals surface area contributed by atoms with Crippen LogP contribution in [0.15, 0.2) is 59.6 Å². The lowest BCUT2D eigenvalue weighted by Crippen LogP contribution is -2.18. The van der Waals surface area contributed by atoms with Gasteiger partial charge in [0.05, 0.1) is 12.1 Å². The van der Waals surface area contributed by atoms with Crippen LogP contribution in [0, 0.1) is 0 Å². The van der Waals surface area contributed by atoms with E-state index in [0.717, 1.165) is 16.9 Å². The normalized spacial score (nSPS) is 12.0. The molecule has 0 unspecified atom stereocenters. The van der Waals surface area contributed by atoms with E-state index in [2.05, 4.69) is 10.4 Å². The first-order valence-electron chi connectivity index (χ1n) is 8.28. The lowest BCUT2D eigenvalue weighted by atomic mass is 10.1. The second-order valence-electron chi connectivity index (χ2n) is 6.19. The molecule has 0 fully saturated rings. The molecule has 1 aromatic heterocycles. The number of aromatic nitrogens is 2. The van der Waals surface area contributed by atoms with Gasteiger partial charge in [-0.2, -0.15) is 18.3 Å². The molecule has 7 nitrogen and oxygen atoms in total. The van der Waals surface area contributed by atoms with Crippen LogP contribution >= 0.6 is 11.6 Å². The number of rotatable bonds is 5. The fourth-order valence-corrected chi connectivity index (χ4v) is 3.59. The molecule has 0 saturated heterocycles. The highest BCUT2D eigenvalue weighted by Crippen LogP contribution is 2.29. The van der Waals surface area contributed by atoms with E-state index in [1.807, 2.05) is 0 Å². The Kier molecular flexibility index (Phi) is 5.88. The van der Waals surface area contributed by atoms with Crippen LogP contribution in [0.4, 0.5) is 18.9 Å². The van der Waals surface area contributed by atoms with Gasteiger partial charge in [-0.15, -0.1) is 0 Å². The first kappa shape index (κ1) is 21.8. The number of nitrogens with zero attached hydrogens (tertiary/aromatic N) is 2. The number of benzene rings is 2. The summed E-state index contributed by atoms with van der Waals surface area (Å²) < 4.78 is 63.1. The summed E-state index contributed by atoms with van der Waals surface area (Å²) in [5.74, 6) is -0.477. The van der Waals surface area contributed by atoms with E-state index in [9.17, 15) is 26.4 Å². The van der Waals surface area contributed by atoms with Gasteiger partial charge < -0.3 is 5.32 Å². The lowest BCUT2D eigenvalue weighted by Gasteiger charge is -2.12. The number of carbonyl (C=O) groups excluding carboxylic acids is 1. The first-order valence-corrected chi connectivity index (χ1v) is 10.2. The van der Waals surface area contributed by atoms with Crippen LogP contribution in [0.1, 0.15) is 11.3 Å². The Morgan fingerprint density at radius 3 is 2.47 bits per heavy atom. The third-order valence-corrected chi connectivity index (χ3v) is 5.29. The number of primary sulfonamides is 1. The SMILES string of the molecule is NS(=O)(=O)c1cc(NC(=O)Cc2ccccc2Cl)ccc1-n1ccc(C(F)(F)F)n1. The van der Waals surface area contributed by atoms with E-state index >= 15 is 0 Å². The molecule has 0 spiro atoms. The summed E-state index contributed by atoms with van der Waals surface area (Å²) in [7, 11) is -4.35. The third-order valence-electron chi connectivity index (χ3n) is 3.99. The fraction of sp³-hybridized carbons (Fsp3) is 0.111. The van der Waals surface area contributed by atoms with Gasteiger partial charge in [-0.05, 0) is 35.9 Å². The van der Waals surface area contributed by atoms with Crippen molar-refractivity contribution in [2.24, 2.45) is 5.14 Å². The number of hydrogen-bond acceptors (Lipinski definition) is 4. The summed E-state index contributed by atoms with van der Waals surface area (Å²) in [4.78, 5) is 11.8. The Bertz CT molecular complexity index is 1210. The molecule has 30 heavy (non-hydrogen) atoms. The van der Waals surface area contributed by atoms with Crippen molar-refractivity contribution in [3.8, 4) is 5.69 Å². The Morgan fingerprint density at radius 1 is 1.17 bits per heavy atom. The Morgan fingerprint density at radius 2 is 1.87 bits per heavy atom. The van der Waals surface area contributed by atoms with Crippen molar-refractivity contribution in [1.29, 1.82) is 0 Å². The van der Waals surface area contributed by atoms with Gasteiger partial charge in [0.15, 0.2) is 5.69 Å². The molecule has 0 aliphatic rings. The van der Waals surface area contributed by atoms with E-state index in [1.165, 1.54) is 12.1 Å². The highest BCUT2D eigenvalue weighted by Gasteiger charge is 2.34. The maximum absolute atomic E-state index is 12.8. The molecular weight excluding hydrogens is 445 g/mol. The largest absolute Gasteiger partial charge is 0.435 e. The molecule has 0 aliphatic carbocycles. The van der Waals surface area contributed by atoms with Crippen LogP contribution in [0.5, 0.6) is 0 Å². The summed E-state index contributed by atoms with van der Waals surface area (Å²) in [5, 5.41) is 11.5. The number of amides is 1. The number of nitrogens with two attached hydrogens (primary N) is 1. The van der Waals surface area contributed by atoms with Crippen molar-refractivity contribution in [3.63, 3.8) is 0 Å². The van der Waals surface area contributed by atoms with Gasteiger partial charge in [0.25, 0.3) is 0 Å². The van der Waals surface area contributed by atoms with Crippen molar-refractivity contribution in [2.75, 3.05) is 5.32 Å². The predicted molar refractivity (Wildman–Crippen MR) is 104 cm³/mol. The third kappa shape index (κ3) is 4.99. The maximum Gasteiger partial charge on any atom is 0.435 e. The van der Waals surface area contributed by atoms with Crippen LogP contribution in [0.3, 0.4) is 0 Å². The van der Waals surface area contributed by atoms with Gasteiger partial charge in [0, 0.05) is 16.9 Å². The van der Waals surface area contributed by atoms with Gasteiger partial charge >= 0.3 is 6.18 Å². The summed E-state index contributed by atoms with van der Waals surface area (Å²) in [6.45, 7) is 0. The Balaban J connectivity index is 1.91. The average molecular weight is 459 g/mol. The predicted octanol–water partition coefficient (Wildman–Crippen LogP) is 3.37. The summed E-state index contributed by atoms with van der Waals surface area (Å²) >= 11 is 6.01. The molecule has 3 aromatic rings. The number of anilines is 1. The van der Waals surface area contributed by atoms with Crippen LogP contribution in [0.25, 0.3) is 5.69 Å². The van der Waals surface area contributed by atoms with Gasteiger partial charge in [-0.1, -0.05) is 29.8 Å². The number of carbonyl (C=O) groups is 1. The second kappa shape index (κ2) is 8.09. The molecule has 0 bridgehead atoms. The molecule has 0 radical (unpaired) electrons. The van der Waals surface area contributed by atoms with Crippen LogP contribution in [-0.2, 0) is 27.4 Å². The molecule has 0 atom stereocenters. The van der Waals surface area contributed by atoms with Gasteiger partial charge in [0.2, 0.25) is 15.9 Å². The maximum atomic E-state index is 12.8. The van der Waals surface area contributed by atoms with Crippen molar-refractivity contribution < 1.29 is 26.4 Å². The van der Waals surface area contributed by atoms with Crippen molar-refractivity contribution >= 4 is 33.2 Å². The molecule has 158 valence electrons. The van der Waals surface area contributed by atoms with E-state index < -0.39 is 32.7 Å². The number of nitrogens with one attached hydrogen (secondary N) is 1. The van der Waals surface area contributed by atoms with Crippen LogP contribution in [-0.4, -0.2) is 24.1 Å². The van der Waals surface area contributed by atoms with E-state index in [1.54, 1.807) is 24.3 Å². The monoisotopic (exact) mass is 458 g/mol. The average Bonchev–Trinajstić information content (AvgIpc) is 3.13. The molecule has 1 heterocycles. The topological polar surface area (TPSA) is 107 Å². The standard InChI is InChI=1S/C18H14ClF3N4O3S/c19-13-4-2-1-3-11(13)9-17(27)24-12-5-6-14(15(10-12)30(23,28)29)26-8-7-16(25-26)18(20,21)22/h1-8,10H,9H2,(H,24,27)(H2,23,28,29). The molecule has 3 N–H and O–H groups in total. The molecule has 0 aliphatic heterocycles. The van der Waals surface area contributed by atoms with Crippen molar-refractivity contribution in [1.82, 2.24) is 9.78 Å². The highest BCUT2D eigenvalue weighted by atomic mass is 35.5. The van der Waals surface area contributed by atoms with Crippen LogP contribution in [0.2, 0.25) is 5.02 Å². The molecule has 1 amide bonds. The minimum absolute atomic E-state index is 0.0692. The number of hydrogen-bond donors (Lipinski definition) is 2. The molecule has 12 heteroatoms. The van der Waals surface area contributed by atoms with E-state index in [0.29, 0.717) is 16.7 Å². The smallest absolute Gasteiger partial charge is 0.326 e. The zero-order chi connectivity index (χ0) is 22.1. The fourth-order valence-electron chi connectivity index (χ4n) is 2.64. The Hall–Kier alpha value is -2.89. The van der Waals surface area contributed by atoms with Gasteiger partial charge in [-0.25, -0.2) is 18.2 Å². The highest BCUT2D eigenvalue weighted by molar-refractivity contribution is 7.89. The number of halogens is 4. The lowest BCUT2D eigenvalue weighted by molar-refractivity contribution is -0.141. The minimum atomic E-state index is -4.69. The van der Waals surface area contributed by atoms with Crippen molar-refractivity contribution in [3.05, 3.63) is 71.0 Å². The number of sulfonamides is 1. The molecular formula is C18H14ClF3N4O3S. The summed E-state index contributed by atoms with van der Waals surface area (Å²) in [6.07, 6.45) is -3.80. The van der Waals surface area contributed by atoms with Gasteiger partial charge in [-0.3, -0.25) is 4.79 Å². The molecule has 0 saturated carbocycles. The minimum Gasteiger partial charge on any atom is -0.326 e. The molecule has 2 aromatic carbocycles. The van der Waals surface area contributed by atoms with E-state index in [-0.39, 0.29) is 17.8 Å². The molecule has 3 rings (SSSR count). The second-order valence-corrected chi connectivity index (χ2v) is 8.12. The number of alkyl halides is 3. The van der Waals surface area contributed by atoms with Gasteiger partial charge in [0.1, 0.15) is 4.90 Å².